The van der Waals surface area contributed by atoms with Crippen molar-refractivity contribution in [2.45, 2.75) is 33.7 Å². The van der Waals surface area contributed by atoms with Crippen LogP contribution in [0.5, 0.6) is 11.5 Å². The van der Waals surface area contributed by atoms with Crippen LogP contribution in [0, 0.1) is 5.92 Å². The number of anilines is 2. The fourth-order valence-corrected chi connectivity index (χ4v) is 3.42. The van der Waals surface area contributed by atoms with Gasteiger partial charge in [0.1, 0.15) is 13.2 Å². The van der Waals surface area contributed by atoms with Crippen molar-refractivity contribution in [2.24, 2.45) is 5.92 Å². The van der Waals surface area contributed by atoms with Gasteiger partial charge in [0.05, 0.1) is 6.04 Å². The molecule has 3 amide bonds. The zero-order valence-electron chi connectivity index (χ0n) is 18.1. The normalized spacial score (nSPS) is 13.3. The first-order valence-electron chi connectivity index (χ1n) is 10.1. The number of carbonyl (C=O) groups is 3. The highest BCUT2D eigenvalue weighted by atomic mass is 16.6. The molecule has 0 spiro atoms. The summed E-state index contributed by atoms with van der Waals surface area (Å²) in [4.78, 5) is 36.1. The van der Waals surface area contributed by atoms with Crippen molar-refractivity contribution in [2.75, 3.05) is 23.8 Å². The number of benzene rings is 2. The highest BCUT2D eigenvalue weighted by Gasteiger charge is 2.22. The smallest absolute Gasteiger partial charge is 0.251 e. The van der Waals surface area contributed by atoms with Gasteiger partial charge < -0.3 is 25.4 Å². The van der Waals surface area contributed by atoms with Crippen molar-refractivity contribution in [3.63, 3.8) is 0 Å². The maximum absolute atomic E-state index is 13.1. The Morgan fingerprint density at radius 2 is 1.42 bits per heavy atom. The SMILES string of the molecule is CC(=O)Nc1cc(NC(C)=O)cc(C(=O)N[C@@H](c2ccc3c(c2)OCCO3)C(C)C)c1. The molecule has 1 heterocycles. The maximum Gasteiger partial charge on any atom is 0.251 e. The average molecular weight is 425 g/mol. The highest BCUT2D eigenvalue weighted by Crippen LogP contribution is 2.34. The fourth-order valence-electron chi connectivity index (χ4n) is 3.42. The van der Waals surface area contributed by atoms with Gasteiger partial charge in [-0.1, -0.05) is 19.9 Å². The lowest BCUT2D eigenvalue weighted by Gasteiger charge is -2.25. The summed E-state index contributed by atoms with van der Waals surface area (Å²) < 4.78 is 11.2. The van der Waals surface area contributed by atoms with Gasteiger partial charge in [-0.05, 0) is 41.8 Å². The molecule has 8 heteroatoms. The Kier molecular flexibility index (Phi) is 6.79. The van der Waals surface area contributed by atoms with E-state index in [1.807, 2.05) is 32.0 Å². The lowest BCUT2D eigenvalue weighted by Crippen LogP contribution is -2.32. The van der Waals surface area contributed by atoms with Gasteiger partial charge >= 0.3 is 0 Å². The van der Waals surface area contributed by atoms with E-state index in [1.54, 1.807) is 18.2 Å². The van der Waals surface area contributed by atoms with Crippen molar-refractivity contribution in [3.8, 4) is 11.5 Å². The van der Waals surface area contributed by atoms with Crippen LogP contribution >= 0.6 is 0 Å². The minimum absolute atomic E-state index is 0.0971. The molecule has 164 valence electrons. The Hall–Kier alpha value is -3.55. The van der Waals surface area contributed by atoms with Crippen LogP contribution in [0.25, 0.3) is 0 Å². The summed E-state index contributed by atoms with van der Waals surface area (Å²) in [7, 11) is 0. The number of ether oxygens (including phenoxy) is 2. The molecule has 0 radical (unpaired) electrons. The highest BCUT2D eigenvalue weighted by molar-refractivity contribution is 6.00. The monoisotopic (exact) mass is 425 g/mol. The summed E-state index contributed by atoms with van der Waals surface area (Å²) in [6.07, 6.45) is 0. The zero-order valence-corrected chi connectivity index (χ0v) is 18.1. The Bertz CT molecular complexity index is 968. The molecule has 0 bridgehead atoms. The van der Waals surface area contributed by atoms with E-state index in [1.165, 1.54) is 13.8 Å². The van der Waals surface area contributed by atoms with Gasteiger partial charge in [0.25, 0.3) is 5.91 Å². The van der Waals surface area contributed by atoms with E-state index in [-0.39, 0.29) is 29.7 Å². The molecule has 0 unspecified atom stereocenters. The summed E-state index contributed by atoms with van der Waals surface area (Å²) in [5.41, 5.74) is 2.06. The molecule has 1 aliphatic rings. The molecular formula is C23H27N3O5. The Morgan fingerprint density at radius 1 is 0.839 bits per heavy atom. The molecule has 2 aromatic rings. The molecular weight excluding hydrogens is 398 g/mol. The molecule has 0 fully saturated rings. The molecule has 31 heavy (non-hydrogen) atoms. The van der Waals surface area contributed by atoms with Gasteiger partial charge in [-0.3, -0.25) is 14.4 Å². The van der Waals surface area contributed by atoms with Crippen LogP contribution in [-0.4, -0.2) is 30.9 Å². The van der Waals surface area contributed by atoms with Gasteiger partial charge in [0, 0.05) is 30.8 Å². The minimum atomic E-state index is -0.326. The van der Waals surface area contributed by atoms with Crippen LogP contribution < -0.4 is 25.4 Å². The lowest BCUT2D eigenvalue weighted by atomic mass is 9.95. The fraction of sp³-hybridized carbons (Fsp3) is 0.348. The summed E-state index contributed by atoms with van der Waals surface area (Å²) in [6, 6.07) is 10.1. The van der Waals surface area contributed by atoms with Crippen LogP contribution in [0.3, 0.4) is 0 Å². The topological polar surface area (TPSA) is 106 Å². The second-order valence-corrected chi connectivity index (χ2v) is 7.76. The number of rotatable bonds is 6. The van der Waals surface area contributed by atoms with Crippen molar-refractivity contribution in [3.05, 3.63) is 47.5 Å². The Morgan fingerprint density at radius 3 is 1.97 bits per heavy atom. The van der Waals surface area contributed by atoms with E-state index in [0.717, 1.165) is 5.56 Å². The van der Waals surface area contributed by atoms with Gasteiger partial charge in [0.2, 0.25) is 11.8 Å². The van der Waals surface area contributed by atoms with Crippen molar-refractivity contribution < 1.29 is 23.9 Å². The molecule has 8 nitrogen and oxygen atoms in total. The van der Waals surface area contributed by atoms with Crippen LogP contribution in [0.15, 0.2) is 36.4 Å². The third-order valence-corrected chi connectivity index (χ3v) is 4.71. The number of carbonyl (C=O) groups excluding carboxylic acids is 3. The maximum atomic E-state index is 13.1. The zero-order chi connectivity index (χ0) is 22.5. The molecule has 3 rings (SSSR count). The molecule has 1 aliphatic heterocycles. The number of fused-ring (bicyclic) bond motifs is 1. The van der Waals surface area contributed by atoms with Crippen molar-refractivity contribution in [1.29, 1.82) is 0 Å². The van der Waals surface area contributed by atoms with Gasteiger partial charge in [-0.25, -0.2) is 0 Å². The van der Waals surface area contributed by atoms with E-state index in [9.17, 15) is 14.4 Å². The van der Waals surface area contributed by atoms with Gasteiger partial charge in [-0.2, -0.15) is 0 Å². The lowest BCUT2D eigenvalue weighted by molar-refractivity contribution is -0.115. The molecule has 0 saturated carbocycles. The molecule has 3 N–H and O–H groups in total. The largest absolute Gasteiger partial charge is 0.486 e. The van der Waals surface area contributed by atoms with E-state index < -0.39 is 0 Å². The van der Waals surface area contributed by atoms with Crippen molar-refractivity contribution in [1.82, 2.24) is 5.32 Å². The van der Waals surface area contributed by atoms with Crippen LogP contribution in [0.2, 0.25) is 0 Å². The first-order chi connectivity index (χ1) is 14.7. The molecule has 0 saturated heterocycles. The molecule has 2 aromatic carbocycles. The predicted octanol–water partition coefficient (Wildman–Crippen LogP) is 3.50. The first kappa shape index (κ1) is 22.1. The van der Waals surface area contributed by atoms with Crippen LogP contribution in [0.4, 0.5) is 11.4 Å². The van der Waals surface area contributed by atoms with E-state index >= 15 is 0 Å². The second kappa shape index (κ2) is 9.51. The molecule has 0 aromatic heterocycles. The quantitative estimate of drug-likeness (QED) is 0.657. The molecule has 0 aliphatic carbocycles. The van der Waals surface area contributed by atoms with E-state index in [4.69, 9.17) is 9.47 Å². The summed E-state index contributed by atoms with van der Waals surface area (Å²) in [5.74, 6) is 0.564. The van der Waals surface area contributed by atoms with Crippen LogP contribution in [-0.2, 0) is 9.59 Å². The molecule has 1 atom stereocenters. The number of amides is 3. The number of hydrogen-bond donors (Lipinski definition) is 3. The Labute approximate surface area is 181 Å². The Balaban J connectivity index is 1.88. The summed E-state index contributed by atoms with van der Waals surface area (Å²) in [6.45, 7) is 7.77. The van der Waals surface area contributed by atoms with E-state index in [0.29, 0.717) is 41.7 Å². The van der Waals surface area contributed by atoms with Gasteiger partial charge in [0.15, 0.2) is 11.5 Å². The minimum Gasteiger partial charge on any atom is -0.486 e. The number of hydrogen-bond acceptors (Lipinski definition) is 5. The van der Waals surface area contributed by atoms with Gasteiger partial charge in [-0.15, -0.1) is 0 Å². The third-order valence-electron chi connectivity index (χ3n) is 4.71. The van der Waals surface area contributed by atoms with E-state index in [2.05, 4.69) is 16.0 Å². The third kappa shape index (κ3) is 5.75. The van der Waals surface area contributed by atoms with Crippen molar-refractivity contribution >= 4 is 29.1 Å². The standard InChI is InChI=1S/C23H27N3O5/c1-13(2)22(16-5-6-20-21(11-16)31-8-7-30-20)26-23(29)17-9-18(24-14(3)27)12-19(10-17)25-15(4)28/h5-6,9-13,22H,7-8H2,1-4H3,(H,24,27)(H,25,28)(H,26,29)/t22-/m1/s1. The average Bonchev–Trinajstić information content (AvgIpc) is 2.70. The second-order valence-electron chi connectivity index (χ2n) is 7.76. The first-order valence-corrected chi connectivity index (χ1v) is 10.1. The van der Waals surface area contributed by atoms with Crippen LogP contribution in [0.1, 0.15) is 49.7 Å². The summed E-state index contributed by atoms with van der Waals surface area (Å²) >= 11 is 0. The summed E-state index contributed by atoms with van der Waals surface area (Å²) in [5, 5.41) is 8.37. The predicted molar refractivity (Wildman–Crippen MR) is 118 cm³/mol. The number of nitrogens with one attached hydrogen (secondary N) is 3.